The van der Waals surface area contributed by atoms with Crippen LogP contribution in [0, 0.1) is 0 Å². The monoisotopic (exact) mass is 355 g/mol. The summed E-state index contributed by atoms with van der Waals surface area (Å²) in [4.78, 5) is 33.5. The van der Waals surface area contributed by atoms with Crippen LogP contribution in [0.25, 0.3) is 10.9 Å². The first-order valence-electron chi connectivity index (χ1n) is 9.32. The molecule has 1 aromatic carbocycles. The van der Waals surface area contributed by atoms with Gasteiger partial charge in [-0.25, -0.2) is 4.98 Å². The molecule has 0 aliphatic carbocycles. The highest BCUT2D eigenvalue weighted by atomic mass is 16.2. The largest absolute Gasteiger partial charge is 0.369 e. The van der Waals surface area contributed by atoms with Crippen molar-refractivity contribution in [1.29, 1.82) is 0 Å². The molecular formula is C19H25N5O2. The lowest BCUT2D eigenvalue weighted by Gasteiger charge is -2.38. The summed E-state index contributed by atoms with van der Waals surface area (Å²) in [6.45, 7) is 8.24. The minimum atomic E-state index is 0.00798. The minimum Gasteiger partial charge on any atom is -0.369 e. The molecule has 7 nitrogen and oxygen atoms in total. The molecule has 2 aliphatic rings. The second-order valence-electron chi connectivity index (χ2n) is 7.37. The zero-order valence-corrected chi connectivity index (χ0v) is 15.3. The van der Waals surface area contributed by atoms with Gasteiger partial charge in [0.25, 0.3) is 5.56 Å². The van der Waals surface area contributed by atoms with E-state index in [1.807, 2.05) is 32.0 Å². The second kappa shape index (κ2) is 6.72. The van der Waals surface area contributed by atoms with E-state index in [1.165, 1.54) is 0 Å². The summed E-state index contributed by atoms with van der Waals surface area (Å²) in [6.07, 6.45) is 2.54. The van der Waals surface area contributed by atoms with Crippen molar-refractivity contribution in [3.05, 3.63) is 34.9 Å². The molecule has 2 aliphatic heterocycles. The second-order valence-corrected chi connectivity index (χ2v) is 7.37. The average Bonchev–Trinajstić information content (AvgIpc) is 3.07. The van der Waals surface area contributed by atoms with Crippen LogP contribution >= 0.6 is 0 Å². The number of fused-ring (bicyclic) bond motifs is 1. The SMILES string of the molecule is CC(C)n1cnc2cc(N3CCN(C4CCNC4=O)CC3)ccc2c1=O. The number of hydrogen-bond acceptors (Lipinski definition) is 5. The van der Waals surface area contributed by atoms with Gasteiger partial charge in [-0.2, -0.15) is 0 Å². The first-order valence-corrected chi connectivity index (χ1v) is 9.32. The molecule has 7 heteroatoms. The highest BCUT2D eigenvalue weighted by Crippen LogP contribution is 2.22. The molecule has 1 aromatic heterocycles. The molecule has 3 heterocycles. The number of nitrogens with one attached hydrogen (secondary N) is 1. The van der Waals surface area contributed by atoms with Crippen molar-refractivity contribution in [2.24, 2.45) is 0 Å². The van der Waals surface area contributed by atoms with Crippen LogP contribution in [-0.2, 0) is 4.79 Å². The summed E-state index contributed by atoms with van der Waals surface area (Å²) >= 11 is 0. The predicted molar refractivity (Wildman–Crippen MR) is 102 cm³/mol. The number of carbonyl (C=O) groups is 1. The molecule has 2 aromatic rings. The number of rotatable bonds is 3. The molecule has 1 unspecified atom stereocenters. The van der Waals surface area contributed by atoms with E-state index in [2.05, 4.69) is 20.1 Å². The third-order valence-electron chi connectivity index (χ3n) is 5.46. The Morgan fingerprint density at radius 1 is 1.15 bits per heavy atom. The molecule has 1 atom stereocenters. The van der Waals surface area contributed by atoms with Crippen molar-refractivity contribution in [2.75, 3.05) is 37.6 Å². The summed E-state index contributed by atoms with van der Waals surface area (Å²) in [5, 5.41) is 3.57. The highest BCUT2D eigenvalue weighted by molar-refractivity contribution is 5.84. The van der Waals surface area contributed by atoms with E-state index in [-0.39, 0.29) is 23.6 Å². The highest BCUT2D eigenvalue weighted by Gasteiger charge is 2.32. The Bertz CT molecular complexity index is 883. The fourth-order valence-corrected chi connectivity index (χ4v) is 3.91. The van der Waals surface area contributed by atoms with E-state index in [0.717, 1.165) is 50.3 Å². The van der Waals surface area contributed by atoms with Gasteiger partial charge in [0.1, 0.15) is 0 Å². The van der Waals surface area contributed by atoms with Crippen LogP contribution < -0.4 is 15.8 Å². The Balaban J connectivity index is 1.52. The Morgan fingerprint density at radius 3 is 2.58 bits per heavy atom. The Kier molecular flexibility index (Phi) is 4.40. The minimum absolute atomic E-state index is 0.00798. The molecule has 26 heavy (non-hydrogen) atoms. The molecule has 4 rings (SSSR count). The molecule has 138 valence electrons. The van der Waals surface area contributed by atoms with Crippen LogP contribution in [0.5, 0.6) is 0 Å². The van der Waals surface area contributed by atoms with Crippen LogP contribution in [0.3, 0.4) is 0 Å². The Morgan fingerprint density at radius 2 is 1.92 bits per heavy atom. The molecule has 2 saturated heterocycles. The quantitative estimate of drug-likeness (QED) is 0.889. The number of anilines is 1. The predicted octanol–water partition coefficient (Wildman–Crippen LogP) is 0.988. The van der Waals surface area contributed by atoms with Gasteiger partial charge in [-0.05, 0) is 38.5 Å². The summed E-state index contributed by atoms with van der Waals surface area (Å²) in [6, 6.07) is 6.02. The van der Waals surface area contributed by atoms with Crippen molar-refractivity contribution in [2.45, 2.75) is 32.4 Å². The maximum absolute atomic E-state index is 12.5. The Hall–Kier alpha value is -2.41. The normalized spacial score (nSPS) is 21.6. The first kappa shape index (κ1) is 17.0. The zero-order valence-electron chi connectivity index (χ0n) is 15.3. The first-order chi connectivity index (χ1) is 12.5. The van der Waals surface area contributed by atoms with Crippen molar-refractivity contribution in [1.82, 2.24) is 19.8 Å². The van der Waals surface area contributed by atoms with Crippen LogP contribution in [0.15, 0.2) is 29.3 Å². The third-order valence-corrected chi connectivity index (χ3v) is 5.46. The van der Waals surface area contributed by atoms with Gasteiger partial charge >= 0.3 is 0 Å². The topological polar surface area (TPSA) is 70.5 Å². The molecule has 0 bridgehead atoms. The van der Waals surface area contributed by atoms with Crippen LogP contribution in [0.4, 0.5) is 5.69 Å². The molecule has 0 saturated carbocycles. The summed E-state index contributed by atoms with van der Waals surface area (Å²) in [7, 11) is 0. The van der Waals surface area contributed by atoms with Crippen molar-refractivity contribution in [3.63, 3.8) is 0 Å². The number of amides is 1. The van der Waals surface area contributed by atoms with Crippen molar-refractivity contribution < 1.29 is 4.79 Å². The summed E-state index contributed by atoms with van der Waals surface area (Å²) in [5.74, 6) is 0.162. The van der Waals surface area contributed by atoms with Crippen LogP contribution in [0.2, 0.25) is 0 Å². The fourth-order valence-electron chi connectivity index (χ4n) is 3.91. The third kappa shape index (κ3) is 2.96. The van der Waals surface area contributed by atoms with Gasteiger partial charge in [-0.3, -0.25) is 19.1 Å². The molecule has 1 amide bonds. The molecular weight excluding hydrogens is 330 g/mol. The number of piperazine rings is 1. The van der Waals surface area contributed by atoms with E-state index >= 15 is 0 Å². The number of aromatic nitrogens is 2. The van der Waals surface area contributed by atoms with Crippen LogP contribution in [-0.4, -0.2) is 59.1 Å². The van der Waals surface area contributed by atoms with Crippen LogP contribution in [0.1, 0.15) is 26.3 Å². The molecule has 1 N–H and O–H groups in total. The van der Waals surface area contributed by atoms with Gasteiger partial charge in [-0.1, -0.05) is 0 Å². The standard InChI is InChI=1S/C19H25N5O2/c1-13(2)24-12-21-16-11-14(3-4-15(16)19(24)26)22-7-9-23(10-8-22)17-5-6-20-18(17)25/h3-4,11-13,17H,5-10H2,1-2H3,(H,20,25). The van der Waals surface area contributed by atoms with Gasteiger partial charge in [-0.15, -0.1) is 0 Å². The maximum atomic E-state index is 12.5. The average molecular weight is 355 g/mol. The Labute approximate surface area is 152 Å². The zero-order chi connectivity index (χ0) is 18.3. The van der Waals surface area contributed by atoms with E-state index in [1.54, 1.807) is 10.9 Å². The number of benzene rings is 1. The smallest absolute Gasteiger partial charge is 0.261 e. The molecule has 2 fully saturated rings. The molecule has 0 spiro atoms. The lowest BCUT2D eigenvalue weighted by Crippen LogP contribution is -2.52. The van der Waals surface area contributed by atoms with Crippen molar-refractivity contribution in [3.8, 4) is 0 Å². The number of nitrogens with zero attached hydrogens (tertiary/aromatic N) is 4. The lowest BCUT2D eigenvalue weighted by molar-refractivity contribution is -0.123. The number of hydrogen-bond donors (Lipinski definition) is 1. The van der Waals surface area contributed by atoms with Gasteiger partial charge < -0.3 is 10.2 Å². The van der Waals surface area contributed by atoms with Gasteiger partial charge in [0.2, 0.25) is 5.91 Å². The fraction of sp³-hybridized carbons (Fsp3) is 0.526. The summed E-state index contributed by atoms with van der Waals surface area (Å²) < 4.78 is 1.66. The van der Waals surface area contributed by atoms with E-state index in [9.17, 15) is 9.59 Å². The van der Waals surface area contributed by atoms with Gasteiger partial charge in [0.15, 0.2) is 0 Å². The maximum Gasteiger partial charge on any atom is 0.261 e. The summed E-state index contributed by atoms with van der Waals surface area (Å²) in [5.41, 5.74) is 1.83. The van der Waals surface area contributed by atoms with Crippen molar-refractivity contribution >= 4 is 22.5 Å². The van der Waals surface area contributed by atoms with E-state index in [0.29, 0.717) is 5.39 Å². The lowest BCUT2D eigenvalue weighted by atomic mass is 10.1. The number of carbonyl (C=O) groups excluding carboxylic acids is 1. The van der Waals surface area contributed by atoms with E-state index in [4.69, 9.17) is 0 Å². The van der Waals surface area contributed by atoms with Gasteiger partial charge in [0.05, 0.1) is 23.3 Å². The molecule has 0 radical (unpaired) electrons. The van der Waals surface area contributed by atoms with Gasteiger partial charge in [0, 0.05) is 44.5 Å². The van der Waals surface area contributed by atoms with E-state index < -0.39 is 0 Å².